The smallest absolute Gasteiger partial charge is 0.102 e. The SMILES string of the molecule is OC1(CNCCc2ccncc2)CCOC1. The van der Waals surface area contributed by atoms with Gasteiger partial charge in [-0.15, -0.1) is 0 Å². The van der Waals surface area contributed by atoms with Crippen molar-refractivity contribution in [3.8, 4) is 0 Å². The van der Waals surface area contributed by atoms with Gasteiger partial charge in [0.1, 0.15) is 5.60 Å². The summed E-state index contributed by atoms with van der Waals surface area (Å²) in [6, 6.07) is 4.02. The predicted octanol–water partition coefficient (Wildman–Crippen LogP) is 0.365. The fourth-order valence-electron chi connectivity index (χ4n) is 1.84. The van der Waals surface area contributed by atoms with Crippen molar-refractivity contribution in [2.45, 2.75) is 18.4 Å². The molecule has 1 atom stereocenters. The van der Waals surface area contributed by atoms with Crippen LogP contribution in [0.5, 0.6) is 0 Å². The van der Waals surface area contributed by atoms with Crippen LogP contribution in [0.25, 0.3) is 0 Å². The van der Waals surface area contributed by atoms with Crippen molar-refractivity contribution >= 4 is 0 Å². The van der Waals surface area contributed by atoms with Crippen molar-refractivity contribution in [2.75, 3.05) is 26.3 Å². The van der Waals surface area contributed by atoms with Crippen molar-refractivity contribution in [3.63, 3.8) is 0 Å². The maximum atomic E-state index is 9.99. The van der Waals surface area contributed by atoms with Crippen LogP contribution in [0.1, 0.15) is 12.0 Å². The second-order valence-corrected chi connectivity index (χ2v) is 4.31. The summed E-state index contributed by atoms with van der Waals surface area (Å²) in [6.07, 6.45) is 5.29. The molecule has 88 valence electrons. The van der Waals surface area contributed by atoms with Crippen molar-refractivity contribution < 1.29 is 9.84 Å². The number of ether oxygens (including phenoxy) is 1. The highest BCUT2D eigenvalue weighted by Gasteiger charge is 2.31. The fraction of sp³-hybridized carbons (Fsp3) is 0.583. The molecule has 1 fully saturated rings. The average Bonchev–Trinajstić information content (AvgIpc) is 2.74. The van der Waals surface area contributed by atoms with Gasteiger partial charge in [-0.05, 0) is 30.7 Å². The third-order valence-electron chi connectivity index (χ3n) is 2.88. The standard InChI is InChI=1S/C12H18N2O2/c15-12(4-8-16-10-12)9-14-7-3-11-1-5-13-6-2-11/h1-2,5-6,14-15H,3-4,7-10H2. The van der Waals surface area contributed by atoms with Gasteiger partial charge in [0.05, 0.1) is 6.61 Å². The van der Waals surface area contributed by atoms with Gasteiger partial charge in [-0.1, -0.05) is 0 Å². The Labute approximate surface area is 95.7 Å². The number of nitrogens with one attached hydrogen (secondary N) is 1. The van der Waals surface area contributed by atoms with E-state index in [1.165, 1.54) is 5.56 Å². The molecule has 1 aliphatic heterocycles. The van der Waals surface area contributed by atoms with Crippen molar-refractivity contribution in [2.24, 2.45) is 0 Å². The second kappa shape index (κ2) is 5.39. The average molecular weight is 222 g/mol. The predicted molar refractivity (Wildman–Crippen MR) is 61.2 cm³/mol. The number of hydrogen-bond acceptors (Lipinski definition) is 4. The third-order valence-corrected chi connectivity index (χ3v) is 2.88. The van der Waals surface area contributed by atoms with E-state index in [0.29, 0.717) is 19.8 Å². The molecule has 16 heavy (non-hydrogen) atoms. The molecule has 1 unspecified atom stereocenters. The maximum absolute atomic E-state index is 9.99. The minimum atomic E-state index is -0.655. The van der Waals surface area contributed by atoms with Gasteiger partial charge in [0, 0.05) is 32.0 Å². The second-order valence-electron chi connectivity index (χ2n) is 4.31. The minimum Gasteiger partial charge on any atom is -0.386 e. The highest BCUT2D eigenvalue weighted by Crippen LogP contribution is 2.16. The van der Waals surface area contributed by atoms with Crippen LogP contribution in [-0.4, -0.2) is 42.0 Å². The first-order valence-corrected chi connectivity index (χ1v) is 5.68. The molecule has 4 nitrogen and oxygen atoms in total. The molecule has 0 spiro atoms. The largest absolute Gasteiger partial charge is 0.386 e. The number of nitrogens with zero attached hydrogens (tertiary/aromatic N) is 1. The lowest BCUT2D eigenvalue weighted by molar-refractivity contribution is 0.0273. The quantitative estimate of drug-likeness (QED) is 0.707. The number of rotatable bonds is 5. The molecule has 1 aromatic heterocycles. The van der Waals surface area contributed by atoms with E-state index in [1.54, 1.807) is 12.4 Å². The number of hydrogen-bond donors (Lipinski definition) is 2. The Morgan fingerprint density at radius 1 is 1.44 bits per heavy atom. The Hall–Kier alpha value is -0.970. The molecule has 0 saturated carbocycles. The zero-order valence-electron chi connectivity index (χ0n) is 9.35. The molecule has 1 aromatic rings. The number of pyridine rings is 1. The molecular formula is C12H18N2O2. The molecule has 0 radical (unpaired) electrons. The summed E-state index contributed by atoms with van der Waals surface area (Å²) in [5, 5.41) is 13.3. The molecule has 4 heteroatoms. The van der Waals surface area contributed by atoms with E-state index in [4.69, 9.17) is 4.74 Å². The van der Waals surface area contributed by atoms with Gasteiger partial charge in [-0.25, -0.2) is 0 Å². The van der Waals surface area contributed by atoms with Crippen molar-refractivity contribution in [3.05, 3.63) is 30.1 Å². The van der Waals surface area contributed by atoms with Crippen molar-refractivity contribution in [1.82, 2.24) is 10.3 Å². The van der Waals surface area contributed by atoms with Crippen molar-refractivity contribution in [1.29, 1.82) is 0 Å². The molecule has 0 bridgehead atoms. The van der Waals surface area contributed by atoms with Crippen LogP contribution in [0.2, 0.25) is 0 Å². The van der Waals surface area contributed by atoms with Gasteiger partial charge >= 0.3 is 0 Å². The van der Waals surface area contributed by atoms with Gasteiger partial charge in [-0.3, -0.25) is 4.98 Å². The maximum Gasteiger partial charge on any atom is 0.102 e. The Balaban J connectivity index is 1.65. The van der Waals surface area contributed by atoms with Crippen LogP contribution in [0, 0.1) is 0 Å². The van der Waals surface area contributed by atoms with E-state index >= 15 is 0 Å². The van der Waals surface area contributed by atoms with Crippen LogP contribution in [0.15, 0.2) is 24.5 Å². The van der Waals surface area contributed by atoms with E-state index in [0.717, 1.165) is 19.4 Å². The lowest BCUT2D eigenvalue weighted by Gasteiger charge is -2.20. The highest BCUT2D eigenvalue weighted by molar-refractivity contribution is 5.09. The van der Waals surface area contributed by atoms with Gasteiger partial charge in [0.25, 0.3) is 0 Å². The summed E-state index contributed by atoms with van der Waals surface area (Å²) in [4.78, 5) is 3.97. The summed E-state index contributed by atoms with van der Waals surface area (Å²) in [6.45, 7) is 2.60. The van der Waals surface area contributed by atoms with Gasteiger partial charge in [0.2, 0.25) is 0 Å². The van der Waals surface area contributed by atoms with Crippen LogP contribution in [-0.2, 0) is 11.2 Å². The lowest BCUT2D eigenvalue weighted by Crippen LogP contribution is -2.41. The van der Waals surface area contributed by atoms with Crippen LogP contribution in [0.3, 0.4) is 0 Å². The molecule has 0 aromatic carbocycles. The molecule has 0 aliphatic carbocycles. The monoisotopic (exact) mass is 222 g/mol. The normalized spacial score (nSPS) is 24.8. The first-order chi connectivity index (χ1) is 7.79. The molecule has 1 saturated heterocycles. The summed E-state index contributed by atoms with van der Waals surface area (Å²) in [5.74, 6) is 0. The molecule has 2 rings (SSSR count). The van der Waals surface area contributed by atoms with Gasteiger partial charge in [0.15, 0.2) is 0 Å². The van der Waals surface area contributed by atoms with E-state index in [-0.39, 0.29) is 0 Å². The van der Waals surface area contributed by atoms with Gasteiger partial charge in [-0.2, -0.15) is 0 Å². The molecule has 1 aliphatic rings. The Morgan fingerprint density at radius 2 is 2.25 bits per heavy atom. The summed E-state index contributed by atoms with van der Waals surface area (Å²) in [7, 11) is 0. The zero-order chi connectivity index (χ0) is 11.3. The topological polar surface area (TPSA) is 54.4 Å². The highest BCUT2D eigenvalue weighted by atomic mass is 16.5. The first kappa shape index (κ1) is 11.5. The fourth-order valence-corrected chi connectivity index (χ4v) is 1.84. The Kier molecular flexibility index (Phi) is 3.88. The summed E-state index contributed by atoms with van der Waals surface area (Å²) in [5.41, 5.74) is 0.607. The number of aromatic nitrogens is 1. The summed E-state index contributed by atoms with van der Waals surface area (Å²) >= 11 is 0. The van der Waals surface area contributed by atoms with Crippen LogP contribution in [0.4, 0.5) is 0 Å². The van der Waals surface area contributed by atoms with E-state index < -0.39 is 5.60 Å². The first-order valence-electron chi connectivity index (χ1n) is 5.68. The molecule has 0 amide bonds. The Morgan fingerprint density at radius 3 is 2.94 bits per heavy atom. The third kappa shape index (κ3) is 3.27. The molecular weight excluding hydrogens is 204 g/mol. The van der Waals surface area contributed by atoms with Gasteiger partial charge < -0.3 is 15.2 Å². The zero-order valence-corrected chi connectivity index (χ0v) is 9.35. The summed E-state index contributed by atoms with van der Waals surface area (Å²) < 4.78 is 5.18. The lowest BCUT2D eigenvalue weighted by atomic mass is 10.0. The molecule has 2 heterocycles. The van der Waals surface area contributed by atoms with E-state index in [2.05, 4.69) is 10.3 Å². The van der Waals surface area contributed by atoms with Crippen LogP contribution >= 0.6 is 0 Å². The van der Waals surface area contributed by atoms with Crippen LogP contribution < -0.4 is 5.32 Å². The van der Waals surface area contributed by atoms with E-state index in [1.807, 2.05) is 12.1 Å². The minimum absolute atomic E-state index is 0.454. The number of aliphatic hydroxyl groups is 1. The molecule has 2 N–H and O–H groups in total. The van der Waals surface area contributed by atoms with E-state index in [9.17, 15) is 5.11 Å². The Bertz CT molecular complexity index is 310.